The molecule has 0 bridgehead atoms. The molecule has 8 heteroatoms. The van der Waals surface area contributed by atoms with E-state index in [1.807, 2.05) is 0 Å². The van der Waals surface area contributed by atoms with Crippen LogP contribution in [-0.4, -0.2) is 23.1 Å². The number of nitrogens with zero attached hydrogens (tertiary/aromatic N) is 1. The van der Waals surface area contributed by atoms with Crippen molar-refractivity contribution in [1.82, 2.24) is 10.3 Å². The maximum absolute atomic E-state index is 12.1. The third kappa shape index (κ3) is 4.70. The highest BCUT2D eigenvalue weighted by Crippen LogP contribution is 2.22. The van der Waals surface area contributed by atoms with Crippen molar-refractivity contribution in [2.24, 2.45) is 0 Å². The molecule has 1 N–H and O–H groups in total. The first-order chi connectivity index (χ1) is 8.19. The van der Waals surface area contributed by atoms with Crippen LogP contribution in [0.3, 0.4) is 0 Å². The Balaban J connectivity index is 2.74. The third-order valence-electron chi connectivity index (χ3n) is 1.94. The molecular formula is C10H9Cl2F3N2O. The van der Waals surface area contributed by atoms with Crippen molar-refractivity contribution >= 4 is 29.1 Å². The predicted molar refractivity (Wildman–Crippen MR) is 61.9 cm³/mol. The first-order valence-electron chi connectivity index (χ1n) is 4.88. The number of amides is 1. The van der Waals surface area contributed by atoms with Crippen molar-refractivity contribution in [1.29, 1.82) is 0 Å². The van der Waals surface area contributed by atoms with Gasteiger partial charge >= 0.3 is 6.18 Å². The van der Waals surface area contributed by atoms with E-state index in [4.69, 9.17) is 23.2 Å². The van der Waals surface area contributed by atoms with Crippen molar-refractivity contribution < 1.29 is 18.0 Å². The van der Waals surface area contributed by atoms with Crippen LogP contribution in [0.15, 0.2) is 12.1 Å². The molecule has 1 aromatic heterocycles. The number of aromatic nitrogens is 1. The lowest BCUT2D eigenvalue weighted by Gasteiger charge is -2.15. The fourth-order valence-corrected chi connectivity index (χ4v) is 1.61. The summed E-state index contributed by atoms with van der Waals surface area (Å²) in [5.41, 5.74) is -0.196. The fourth-order valence-electron chi connectivity index (χ4n) is 1.27. The molecule has 0 aliphatic heterocycles. The number of nitrogens with one attached hydrogen (secondary N) is 1. The van der Waals surface area contributed by atoms with Gasteiger partial charge in [-0.15, -0.1) is 0 Å². The summed E-state index contributed by atoms with van der Waals surface area (Å²) in [6.07, 6.45) is -5.48. The Hall–Kier alpha value is -1.01. The molecule has 0 aromatic carbocycles. The monoisotopic (exact) mass is 300 g/mol. The fraction of sp³-hybridized carbons (Fsp3) is 0.400. The van der Waals surface area contributed by atoms with E-state index >= 15 is 0 Å². The number of hydrogen-bond donors (Lipinski definition) is 1. The Morgan fingerprint density at radius 3 is 2.61 bits per heavy atom. The van der Waals surface area contributed by atoms with Gasteiger partial charge in [-0.05, 0) is 19.1 Å². The summed E-state index contributed by atoms with van der Waals surface area (Å²) in [5, 5.41) is 2.22. The molecule has 1 unspecified atom stereocenters. The molecule has 1 atom stereocenters. The quantitative estimate of drug-likeness (QED) is 0.869. The van der Waals surface area contributed by atoms with Crippen LogP contribution in [0.5, 0.6) is 0 Å². The first-order valence-corrected chi connectivity index (χ1v) is 5.64. The molecule has 0 fully saturated rings. The number of carbonyl (C=O) groups excluding carboxylic acids is 1. The molecule has 0 aliphatic rings. The molecule has 100 valence electrons. The lowest BCUT2D eigenvalue weighted by atomic mass is 10.2. The topological polar surface area (TPSA) is 42.0 Å². The zero-order valence-electron chi connectivity index (χ0n) is 9.18. The van der Waals surface area contributed by atoms with Gasteiger partial charge in [-0.3, -0.25) is 4.79 Å². The second kappa shape index (κ2) is 5.75. The van der Waals surface area contributed by atoms with Gasteiger partial charge in [0.1, 0.15) is 10.8 Å². The van der Waals surface area contributed by atoms with Gasteiger partial charge in [-0.1, -0.05) is 23.2 Å². The van der Waals surface area contributed by atoms with E-state index in [0.29, 0.717) is 0 Å². The van der Waals surface area contributed by atoms with Crippen LogP contribution in [-0.2, 0) is 0 Å². The highest BCUT2D eigenvalue weighted by molar-refractivity contribution is 6.34. The molecule has 0 aliphatic carbocycles. The summed E-state index contributed by atoms with van der Waals surface area (Å²) < 4.78 is 36.3. The Morgan fingerprint density at radius 1 is 1.44 bits per heavy atom. The van der Waals surface area contributed by atoms with Crippen molar-refractivity contribution in [3.63, 3.8) is 0 Å². The van der Waals surface area contributed by atoms with Crippen LogP contribution >= 0.6 is 23.2 Å². The highest BCUT2D eigenvalue weighted by atomic mass is 35.5. The van der Waals surface area contributed by atoms with E-state index < -0.39 is 24.5 Å². The maximum Gasteiger partial charge on any atom is 0.391 e. The number of rotatable bonds is 3. The number of alkyl halides is 3. The van der Waals surface area contributed by atoms with Gasteiger partial charge in [0, 0.05) is 6.04 Å². The zero-order valence-corrected chi connectivity index (χ0v) is 10.7. The smallest absolute Gasteiger partial charge is 0.348 e. The second-order valence-corrected chi connectivity index (χ2v) is 4.45. The van der Waals surface area contributed by atoms with Crippen LogP contribution in [0.2, 0.25) is 10.2 Å². The van der Waals surface area contributed by atoms with Crippen LogP contribution in [0, 0.1) is 0 Å². The van der Waals surface area contributed by atoms with Crippen molar-refractivity contribution in [3.05, 3.63) is 28.0 Å². The summed E-state index contributed by atoms with van der Waals surface area (Å²) in [7, 11) is 0. The Bertz CT molecular complexity index is 451. The second-order valence-electron chi connectivity index (χ2n) is 3.66. The van der Waals surface area contributed by atoms with Crippen LogP contribution in [0.25, 0.3) is 0 Å². The number of halogens is 5. The number of carbonyl (C=O) groups is 1. The van der Waals surface area contributed by atoms with E-state index in [-0.39, 0.29) is 15.9 Å². The summed E-state index contributed by atoms with van der Waals surface area (Å²) in [6.45, 7) is 1.24. The lowest BCUT2D eigenvalue weighted by molar-refractivity contribution is -0.138. The van der Waals surface area contributed by atoms with E-state index in [9.17, 15) is 18.0 Å². The van der Waals surface area contributed by atoms with Crippen molar-refractivity contribution in [2.45, 2.75) is 25.6 Å². The van der Waals surface area contributed by atoms with Crippen molar-refractivity contribution in [2.75, 3.05) is 0 Å². The molecule has 1 amide bonds. The summed E-state index contributed by atoms with van der Waals surface area (Å²) in [5.74, 6) is -0.792. The van der Waals surface area contributed by atoms with Crippen LogP contribution < -0.4 is 5.32 Å². The minimum atomic E-state index is -4.35. The predicted octanol–water partition coefficient (Wildman–Crippen LogP) is 3.46. The minimum Gasteiger partial charge on any atom is -0.348 e. The van der Waals surface area contributed by atoms with Gasteiger partial charge in [-0.2, -0.15) is 13.2 Å². The van der Waals surface area contributed by atoms with Crippen molar-refractivity contribution in [3.8, 4) is 0 Å². The molecule has 18 heavy (non-hydrogen) atoms. The first kappa shape index (κ1) is 15.0. The zero-order chi connectivity index (χ0) is 13.9. The van der Waals surface area contributed by atoms with Gasteiger partial charge in [-0.25, -0.2) is 4.98 Å². The van der Waals surface area contributed by atoms with Gasteiger partial charge < -0.3 is 5.32 Å². The molecule has 0 saturated heterocycles. The van der Waals surface area contributed by atoms with Gasteiger partial charge in [0.15, 0.2) is 0 Å². The van der Waals surface area contributed by atoms with Crippen LogP contribution in [0.4, 0.5) is 13.2 Å². The molecule has 3 nitrogen and oxygen atoms in total. The molecular weight excluding hydrogens is 292 g/mol. The number of pyridine rings is 1. The Kier molecular flexibility index (Phi) is 4.81. The van der Waals surface area contributed by atoms with E-state index in [2.05, 4.69) is 10.3 Å². The summed E-state index contributed by atoms with van der Waals surface area (Å²) in [4.78, 5) is 15.3. The Morgan fingerprint density at radius 2 is 2.06 bits per heavy atom. The normalized spacial score (nSPS) is 13.2. The molecule has 0 spiro atoms. The van der Waals surface area contributed by atoms with Gasteiger partial charge in [0.25, 0.3) is 5.91 Å². The van der Waals surface area contributed by atoms with E-state index in [0.717, 1.165) is 0 Å². The highest BCUT2D eigenvalue weighted by Gasteiger charge is 2.31. The maximum atomic E-state index is 12.1. The number of hydrogen-bond acceptors (Lipinski definition) is 2. The minimum absolute atomic E-state index is 0.0242. The molecule has 0 saturated carbocycles. The summed E-state index contributed by atoms with van der Waals surface area (Å²) >= 11 is 11.3. The van der Waals surface area contributed by atoms with Gasteiger partial charge in [0.2, 0.25) is 0 Å². The largest absolute Gasteiger partial charge is 0.391 e. The average Bonchev–Trinajstić information content (AvgIpc) is 2.18. The molecule has 1 heterocycles. The molecule has 1 aromatic rings. The van der Waals surface area contributed by atoms with E-state index in [1.165, 1.54) is 19.1 Å². The molecule has 1 rings (SSSR count). The van der Waals surface area contributed by atoms with Gasteiger partial charge in [0.05, 0.1) is 11.4 Å². The SMILES string of the molecule is CC(CC(F)(F)F)NC(=O)c1nc(Cl)ccc1Cl. The Labute approximate surface area is 111 Å². The van der Waals surface area contributed by atoms with E-state index in [1.54, 1.807) is 0 Å². The standard InChI is InChI=1S/C10H9Cl2F3N2O/c1-5(4-10(13,14)15)16-9(18)8-6(11)2-3-7(12)17-8/h2-3,5H,4H2,1H3,(H,16,18). The lowest BCUT2D eigenvalue weighted by Crippen LogP contribution is -2.36. The average molecular weight is 301 g/mol. The van der Waals surface area contributed by atoms with Crippen LogP contribution in [0.1, 0.15) is 23.8 Å². The summed E-state index contributed by atoms with van der Waals surface area (Å²) in [6, 6.07) is 1.65. The third-order valence-corrected chi connectivity index (χ3v) is 2.46. The molecule has 0 radical (unpaired) electrons.